The normalized spacial score (nSPS) is 46.7. The van der Waals surface area contributed by atoms with E-state index >= 15 is 0 Å². The van der Waals surface area contributed by atoms with Crippen LogP contribution in [0, 0.1) is 126 Å². The molecule has 34 heteroatoms. The molecule has 0 aromatic carbocycles. The van der Waals surface area contributed by atoms with Crippen LogP contribution in [0.2, 0.25) is 0 Å². The largest absolute Gasteiger partial charge is 0.465 e. The maximum Gasteiger partial charge on any atom is 0.350 e. The van der Waals surface area contributed by atoms with Gasteiger partial charge in [-0.3, -0.25) is 28.8 Å². The predicted octanol–water partition coefficient (Wildman–Crippen LogP) is 12.1. The lowest BCUT2D eigenvalue weighted by Crippen LogP contribution is -2.63. The molecule has 0 aromatic heterocycles. The molecule has 26 unspecified atom stereocenters. The van der Waals surface area contributed by atoms with Gasteiger partial charge in [0.05, 0.1) is 60.1 Å². The summed E-state index contributed by atoms with van der Waals surface area (Å²) in [5, 5.41) is 9.97. The highest BCUT2D eigenvalue weighted by molar-refractivity contribution is 5.83. The van der Waals surface area contributed by atoms with Gasteiger partial charge in [0.1, 0.15) is 31.0 Å². The third kappa shape index (κ3) is 17.8. The zero-order chi connectivity index (χ0) is 98.1. The monoisotopic (exact) mass is 1940 g/mol. The molecule has 11 saturated heterocycles. The molecule has 26 atom stereocenters. The number of hydrogen-bond acceptors (Lipinski definition) is 34. The van der Waals surface area contributed by atoms with Crippen LogP contribution < -0.4 is 0 Å². The van der Waals surface area contributed by atoms with Crippen LogP contribution in [0.5, 0.6) is 0 Å². The van der Waals surface area contributed by atoms with E-state index in [-0.39, 0.29) is 116 Å². The van der Waals surface area contributed by atoms with E-state index in [1.54, 1.807) is 6.92 Å². The van der Waals surface area contributed by atoms with Gasteiger partial charge >= 0.3 is 59.7 Å². The van der Waals surface area contributed by atoms with Crippen molar-refractivity contribution < 1.29 is 162 Å². The summed E-state index contributed by atoms with van der Waals surface area (Å²) in [7, 11) is 0. The number of hydrogen-bond donors (Lipinski definition) is 1. The lowest BCUT2D eigenvalue weighted by atomic mass is 9.47. The molecule has 0 radical (unpaired) electrons. The highest BCUT2D eigenvalue weighted by Gasteiger charge is 2.78. The van der Waals surface area contributed by atoms with Gasteiger partial charge in [0.2, 0.25) is 6.10 Å². The highest BCUT2D eigenvalue weighted by Crippen LogP contribution is 2.73. The Morgan fingerprint density at radius 3 is 1.04 bits per heavy atom. The maximum absolute atomic E-state index is 12.5. The summed E-state index contributed by atoms with van der Waals surface area (Å²) in [6.07, 6.45) is 14.7. The fourth-order valence-corrected chi connectivity index (χ4v) is 30.2. The lowest BCUT2D eigenvalue weighted by Gasteiger charge is -2.62. The van der Waals surface area contributed by atoms with E-state index < -0.39 is 173 Å². The van der Waals surface area contributed by atoms with E-state index in [0.29, 0.717) is 75.8 Å². The van der Waals surface area contributed by atoms with Crippen molar-refractivity contribution in [2.45, 2.75) is 419 Å². The summed E-state index contributed by atoms with van der Waals surface area (Å²) in [4.78, 5) is 121. The predicted molar refractivity (Wildman–Crippen MR) is 475 cm³/mol. The molecule has 11 heterocycles. The van der Waals surface area contributed by atoms with Gasteiger partial charge in [0.15, 0.2) is 103 Å². The second-order valence-electron chi connectivity index (χ2n) is 51.5. The van der Waals surface area contributed by atoms with Crippen LogP contribution in [0.3, 0.4) is 0 Å². The molecule has 17 aliphatic carbocycles. The molecule has 0 amide bonds. The van der Waals surface area contributed by atoms with Crippen LogP contribution >= 0.6 is 0 Å². The Bertz CT molecular complexity index is 4610. The van der Waals surface area contributed by atoms with Crippen molar-refractivity contribution in [1.29, 1.82) is 0 Å². The van der Waals surface area contributed by atoms with E-state index in [2.05, 4.69) is 0 Å². The first kappa shape index (κ1) is 99.5. The average molecular weight is 1940 g/mol. The van der Waals surface area contributed by atoms with E-state index in [1.165, 1.54) is 39.0 Å². The molecule has 28 rings (SSSR count). The van der Waals surface area contributed by atoms with Crippen LogP contribution in [0.15, 0.2) is 0 Å². The smallest absolute Gasteiger partial charge is 0.350 e. The second-order valence-corrected chi connectivity index (χ2v) is 51.5. The Labute approximate surface area is 808 Å². The number of fused-ring (bicyclic) bond motifs is 10. The third-order valence-electron chi connectivity index (χ3n) is 35.6. The Hall–Kier alpha value is -5.86. The van der Waals surface area contributed by atoms with Crippen LogP contribution in [0.25, 0.3) is 0 Å². The number of esters is 10. The summed E-state index contributed by atoms with van der Waals surface area (Å²) < 4.78 is 137. The fraction of sp³-hybridized carbons (Fsp3) is 0.904. The van der Waals surface area contributed by atoms with Crippen molar-refractivity contribution in [3.63, 3.8) is 0 Å². The van der Waals surface area contributed by atoms with Gasteiger partial charge < -0.3 is 114 Å². The van der Waals surface area contributed by atoms with Gasteiger partial charge in [0.25, 0.3) is 0 Å². The number of carbonyl (C=O) groups excluding carboxylic acids is 10. The van der Waals surface area contributed by atoms with E-state index in [0.717, 1.165) is 128 Å². The lowest BCUT2D eigenvalue weighted by molar-refractivity contribution is -0.338. The Morgan fingerprint density at radius 2 is 0.696 bits per heavy atom. The topological polar surface area (TPSA) is 403 Å². The third-order valence-corrected chi connectivity index (χ3v) is 35.6. The van der Waals surface area contributed by atoms with E-state index in [9.17, 15) is 53.1 Å². The van der Waals surface area contributed by atoms with Gasteiger partial charge in [-0.25, -0.2) is 19.2 Å². The molecule has 4 spiro atoms. The Kier molecular flexibility index (Phi) is 25.6. The van der Waals surface area contributed by atoms with Crippen LogP contribution in [-0.2, 0) is 157 Å². The molecular formula is C104H150O34. The van der Waals surface area contributed by atoms with Gasteiger partial charge in [-0.1, -0.05) is 19.3 Å². The summed E-state index contributed by atoms with van der Waals surface area (Å²) in [5.41, 5.74) is -2.35. The minimum Gasteiger partial charge on any atom is -0.465 e. The molecular weight excluding hydrogens is 1790 g/mol. The van der Waals surface area contributed by atoms with Gasteiger partial charge in [-0.05, 0) is 289 Å². The number of aliphatic hydroxyl groups is 1. The minimum atomic E-state index is -1.27. The molecule has 0 aromatic rings. The number of carbonyl (C=O) groups is 10. The number of aliphatic hydroxyl groups excluding tert-OH is 1. The quantitative estimate of drug-likeness (QED) is 0.0904. The zero-order valence-electron chi connectivity index (χ0n) is 83.9. The summed E-state index contributed by atoms with van der Waals surface area (Å²) in [6.45, 7) is 36.5. The fourth-order valence-electron chi connectivity index (χ4n) is 30.2. The highest BCUT2D eigenvalue weighted by atomic mass is 16.9. The maximum atomic E-state index is 12.5. The number of cyclic esters (lactones) is 1. The molecule has 138 heavy (non-hydrogen) atoms. The first-order valence-corrected chi connectivity index (χ1v) is 52.0. The molecule has 16 bridgehead atoms. The molecule has 11 aliphatic heterocycles. The molecule has 770 valence electrons. The SMILES string of the molecule is CC(=O)OC1C(=O)OC2C3OC4(OC3OC12)C1CC2CC4CC(COC(=O)C(C)(C)C)(C2)C1.CC(C)(C)C(=O)OCC12CC3CC(C1)C1(OC4COC(=O)C4O1)C(C3)C2.CC(C)(C)C(=O)OCC12CC3CC(C1)C1(OC4OC5C(O)C(=O)OC5C4O1)C(C3)C2.CC(C)(C)C(=O)OCC1CCCCC1.CCOC(C)OC1C(=O)OC2C3OC4(OC3OC12)C1CC2CC4CC(COC(=O)C(C)(C)C)(C2)C1. The van der Waals surface area contributed by atoms with E-state index in [1.807, 2.05) is 111 Å². The van der Waals surface area contributed by atoms with Gasteiger partial charge in [-0.2, -0.15) is 0 Å². The summed E-state index contributed by atoms with van der Waals surface area (Å²) >= 11 is 0. The standard InChI is InChI=1S/C26H38O9.C24H32O9.C22H30O8.C20H28O6.C12H22O2/c1-6-29-13(2)31-19-17-18(32-21(19)27)20-22(33-17)35-26(34-20)15-7-14-8-16(26)11-25(9-14,10-15)12-30-23(28)24(3,4)5;1-11(25)29-17-15-16(30-19(17)26)18-20(31-15)33-24(32-18)13-5-12-6-14(24)9-23(7-12,8-13)10-28-21(27)22(2,3)4;1-20(2,3)19(25)26-9-21-6-10-4-11(7-21)22(12(5-10)8-21)29-16-15-14(28-18(16)30-22)13(23)17(24)27-15;1-18(2,3)17(22)24-10-19-6-11-4-12(7-19)20(13(5-11)8-19)25-14-9-23-16(21)15(14)26-20;1-12(2,3)11(13)14-9-10-7-5-4-6-8-10/h13-20,22H,6-12H2,1-5H3;12-18,20H,5-10H2,1-4H3;10-16,18,23H,4-9H2,1-3H3;11-15H,4-10H2,1-3H3;10H,4-9H2,1-3H3. The van der Waals surface area contributed by atoms with Crippen molar-refractivity contribution in [3.05, 3.63) is 0 Å². The first-order chi connectivity index (χ1) is 64.8. The number of rotatable bonds is 15. The van der Waals surface area contributed by atoms with Gasteiger partial charge in [-0.15, -0.1) is 0 Å². The van der Waals surface area contributed by atoms with Crippen LogP contribution in [0.4, 0.5) is 0 Å². The minimum absolute atomic E-state index is 0.00745. The molecule has 28 aliphatic rings. The van der Waals surface area contributed by atoms with Crippen LogP contribution in [-0.4, -0.2) is 245 Å². The molecule has 17 saturated carbocycles. The van der Waals surface area contributed by atoms with Crippen molar-refractivity contribution in [2.24, 2.45) is 126 Å². The first-order valence-electron chi connectivity index (χ1n) is 52.0. The molecule has 1 N–H and O–H groups in total. The van der Waals surface area contributed by atoms with Crippen molar-refractivity contribution >= 4 is 59.7 Å². The van der Waals surface area contributed by atoms with Crippen molar-refractivity contribution in [1.82, 2.24) is 0 Å². The average Bonchev–Trinajstić information content (AvgIpc) is 1.52. The van der Waals surface area contributed by atoms with Crippen LogP contribution in [0.1, 0.15) is 285 Å². The Morgan fingerprint density at radius 1 is 0.377 bits per heavy atom. The molecule has 34 nitrogen and oxygen atoms in total. The number of ether oxygens (including phenoxy) is 23. The molecule has 28 fully saturated rings. The van der Waals surface area contributed by atoms with E-state index in [4.69, 9.17) is 109 Å². The zero-order valence-corrected chi connectivity index (χ0v) is 83.9. The van der Waals surface area contributed by atoms with Crippen molar-refractivity contribution in [3.8, 4) is 0 Å². The Balaban J connectivity index is 0.000000109. The van der Waals surface area contributed by atoms with Crippen molar-refractivity contribution in [2.75, 3.05) is 46.2 Å². The summed E-state index contributed by atoms with van der Waals surface area (Å²) in [5.74, 6) is -1.32. The summed E-state index contributed by atoms with van der Waals surface area (Å²) in [6, 6.07) is 0. The van der Waals surface area contributed by atoms with Gasteiger partial charge in [0, 0.05) is 82.5 Å². The second kappa shape index (κ2) is 35.5.